The summed E-state index contributed by atoms with van der Waals surface area (Å²) in [6, 6.07) is 13.5. The van der Waals surface area contributed by atoms with Gasteiger partial charge < -0.3 is 26.0 Å². The van der Waals surface area contributed by atoms with E-state index >= 15 is 0 Å². The number of carbonyl (C=O) groups excluding carboxylic acids is 2. The molecule has 2 aromatic rings. The molecule has 0 radical (unpaired) electrons. The third-order valence-corrected chi connectivity index (χ3v) is 4.02. The lowest BCUT2D eigenvalue weighted by Crippen LogP contribution is -2.21. The molecule has 0 saturated carbocycles. The van der Waals surface area contributed by atoms with Crippen LogP contribution in [0.5, 0.6) is 5.75 Å². The zero-order valence-electron chi connectivity index (χ0n) is 15.9. The number of unbranched alkanes of at least 4 members (excludes halogenated alkanes) is 2. The van der Waals surface area contributed by atoms with Crippen LogP contribution in [0.3, 0.4) is 0 Å². The predicted octanol–water partition coefficient (Wildman–Crippen LogP) is 3.44. The molecule has 2 aromatic carbocycles. The van der Waals surface area contributed by atoms with Gasteiger partial charge in [-0.3, -0.25) is 9.59 Å². The molecule has 0 spiro atoms. The molecule has 2 rings (SSSR count). The van der Waals surface area contributed by atoms with Gasteiger partial charge in [0.1, 0.15) is 5.75 Å². The molecule has 0 saturated heterocycles. The Labute approximate surface area is 165 Å². The van der Waals surface area contributed by atoms with Gasteiger partial charge in [0.05, 0.1) is 5.69 Å². The maximum absolute atomic E-state index is 12.1. The van der Waals surface area contributed by atoms with Gasteiger partial charge in [-0.15, -0.1) is 0 Å². The summed E-state index contributed by atoms with van der Waals surface area (Å²) >= 11 is 0. The Kier molecular flexibility index (Phi) is 8.36. The first-order chi connectivity index (χ1) is 13.4. The number of benzene rings is 2. The number of phenols is 1. The number of aromatic hydroxyl groups is 1. The van der Waals surface area contributed by atoms with Crippen LogP contribution in [-0.2, 0) is 9.59 Å². The summed E-state index contributed by atoms with van der Waals surface area (Å²) in [7, 11) is -0.717. The van der Waals surface area contributed by atoms with Crippen molar-refractivity contribution >= 4 is 35.9 Å². The molecular formula is C20H26BN3O4. The van der Waals surface area contributed by atoms with Crippen molar-refractivity contribution in [1.29, 1.82) is 0 Å². The molecule has 0 heterocycles. The van der Waals surface area contributed by atoms with E-state index in [0.717, 1.165) is 6.42 Å². The van der Waals surface area contributed by atoms with Crippen LogP contribution in [0.15, 0.2) is 48.5 Å². The molecule has 0 atom stereocenters. The number of amides is 2. The van der Waals surface area contributed by atoms with Crippen LogP contribution in [0, 0.1) is 0 Å². The molecular weight excluding hydrogens is 357 g/mol. The molecule has 28 heavy (non-hydrogen) atoms. The van der Waals surface area contributed by atoms with Crippen molar-refractivity contribution in [2.24, 2.45) is 0 Å². The third kappa shape index (κ3) is 7.71. The van der Waals surface area contributed by atoms with Crippen molar-refractivity contribution in [3.8, 4) is 5.75 Å². The Hall–Kier alpha value is -3.00. The lowest BCUT2D eigenvalue weighted by atomic mass is 9.88. The third-order valence-electron chi connectivity index (χ3n) is 4.02. The number of rotatable bonds is 10. The van der Waals surface area contributed by atoms with E-state index in [-0.39, 0.29) is 17.6 Å². The summed E-state index contributed by atoms with van der Waals surface area (Å²) in [5, 5.41) is 27.2. The number of carbonyl (C=O) groups is 2. The van der Waals surface area contributed by atoms with Gasteiger partial charge in [0, 0.05) is 24.2 Å². The smallest absolute Gasteiger partial charge is 0.406 e. The van der Waals surface area contributed by atoms with Crippen molar-refractivity contribution < 1.29 is 19.7 Å². The number of hydrogen-bond donors (Lipinski definition) is 5. The van der Waals surface area contributed by atoms with Crippen LogP contribution in [-0.4, -0.2) is 29.0 Å². The van der Waals surface area contributed by atoms with Crippen LogP contribution in [0.2, 0.25) is 6.82 Å². The normalized spacial score (nSPS) is 10.2. The van der Waals surface area contributed by atoms with E-state index in [4.69, 9.17) is 0 Å². The summed E-state index contributed by atoms with van der Waals surface area (Å²) in [6.45, 7) is 1.61. The standard InChI is InChI=1S/C20H26BN3O4/c1-21(28)24-18-8-6-5-7-17(18)23-20(27)10-4-2-3-9-19(26)22-15-11-13-16(25)14-12-15/h5-8,11-14,24-25,28H,2-4,9-10H2,1H3,(H,22,26)(H,23,27). The molecule has 0 aliphatic heterocycles. The van der Waals surface area contributed by atoms with Crippen LogP contribution in [0.25, 0.3) is 0 Å². The second-order valence-electron chi connectivity index (χ2n) is 6.57. The molecule has 2 amide bonds. The molecule has 0 fully saturated rings. The predicted molar refractivity (Wildman–Crippen MR) is 112 cm³/mol. The second kappa shape index (κ2) is 11.0. The van der Waals surface area contributed by atoms with Crippen molar-refractivity contribution in [2.75, 3.05) is 15.9 Å². The fourth-order valence-corrected chi connectivity index (χ4v) is 2.67. The Balaban J connectivity index is 1.65. The average molecular weight is 383 g/mol. The lowest BCUT2D eigenvalue weighted by Gasteiger charge is -2.13. The molecule has 0 bridgehead atoms. The Morgan fingerprint density at radius 1 is 0.857 bits per heavy atom. The number of phenolic OH excluding ortho intramolecular Hbond substituents is 1. The van der Waals surface area contributed by atoms with Gasteiger partial charge in [0.2, 0.25) is 11.8 Å². The summed E-state index contributed by atoms with van der Waals surface area (Å²) < 4.78 is 0. The molecule has 0 aliphatic rings. The van der Waals surface area contributed by atoms with Gasteiger partial charge in [-0.25, -0.2) is 0 Å². The number of nitrogens with one attached hydrogen (secondary N) is 3. The quantitative estimate of drug-likeness (QED) is 0.245. The SMILES string of the molecule is CB(O)Nc1ccccc1NC(=O)CCCCCC(=O)Nc1ccc(O)cc1. The van der Waals surface area contributed by atoms with Gasteiger partial charge in [-0.05, 0) is 56.1 Å². The van der Waals surface area contributed by atoms with Gasteiger partial charge in [0.25, 0.3) is 0 Å². The molecule has 148 valence electrons. The summed E-state index contributed by atoms with van der Waals surface area (Å²) in [6.07, 6.45) is 2.89. The zero-order chi connectivity index (χ0) is 20.4. The van der Waals surface area contributed by atoms with Crippen LogP contribution >= 0.6 is 0 Å². The second-order valence-corrected chi connectivity index (χ2v) is 6.57. The van der Waals surface area contributed by atoms with E-state index < -0.39 is 7.05 Å². The molecule has 0 unspecified atom stereocenters. The highest BCUT2D eigenvalue weighted by Crippen LogP contribution is 2.21. The zero-order valence-corrected chi connectivity index (χ0v) is 15.9. The van der Waals surface area contributed by atoms with Crippen molar-refractivity contribution in [1.82, 2.24) is 0 Å². The fourth-order valence-electron chi connectivity index (χ4n) is 2.67. The molecule has 8 heteroatoms. The van der Waals surface area contributed by atoms with E-state index in [9.17, 15) is 19.7 Å². The Bertz CT molecular complexity index is 781. The minimum atomic E-state index is -0.717. The van der Waals surface area contributed by atoms with Gasteiger partial charge in [0.15, 0.2) is 0 Å². The first kappa shape index (κ1) is 21.3. The highest BCUT2D eigenvalue weighted by Gasteiger charge is 2.10. The number of hydrogen-bond acceptors (Lipinski definition) is 5. The minimum Gasteiger partial charge on any atom is -0.508 e. The van der Waals surface area contributed by atoms with Crippen molar-refractivity contribution in [3.05, 3.63) is 48.5 Å². The Morgan fingerprint density at radius 3 is 2.04 bits per heavy atom. The van der Waals surface area contributed by atoms with E-state index in [1.165, 1.54) is 12.1 Å². The summed E-state index contributed by atoms with van der Waals surface area (Å²) in [5.41, 5.74) is 1.94. The highest BCUT2D eigenvalue weighted by atomic mass is 16.3. The highest BCUT2D eigenvalue weighted by molar-refractivity contribution is 6.53. The molecule has 0 aliphatic carbocycles. The summed E-state index contributed by atoms with van der Waals surface area (Å²) in [4.78, 5) is 24.0. The van der Waals surface area contributed by atoms with E-state index in [1.807, 2.05) is 12.1 Å². The first-order valence-corrected chi connectivity index (χ1v) is 9.36. The summed E-state index contributed by atoms with van der Waals surface area (Å²) in [5.74, 6) is -0.0396. The maximum atomic E-state index is 12.1. The monoisotopic (exact) mass is 383 g/mol. The van der Waals surface area contributed by atoms with E-state index in [0.29, 0.717) is 42.7 Å². The van der Waals surface area contributed by atoms with Crippen LogP contribution < -0.4 is 15.9 Å². The molecule has 7 nitrogen and oxygen atoms in total. The van der Waals surface area contributed by atoms with Crippen molar-refractivity contribution in [3.63, 3.8) is 0 Å². The van der Waals surface area contributed by atoms with Gasteiger partial charge in [-0.2, -0.15) is 0 Å². The van der Waals surface area contributed by atoms with Gasteiger partial charge in [-0.1, -0.05) is 18.6 Å². The molecule has 0 aromatic heterocycles. The number of para-hydroxylation sites is 2. The van der Waals surface area contributed by atoms with Gasteiger partial charge >= 0.3 is 7.05 Å². The topological polar surface area (TPSA) is 111 Å². The molecule has 5 N–H and O–H groups in total. The first-order valence-electron chi connectivity index (χ1n) is 9.36. The van der Waals surface area contributed by atoms with Crippen molar-refractivity contribution in [2.45, 2.75) is 38.9 Å². The Morgan fingerprint density at radius 2 is 1.43 bits per heavy atom. The van der Waals surface area contributed by atoms with E-state index in [1.54, 1.807) is 31.1 Å². The average Bonchev–Trinajstić information content (AvgIpc) is 2.64. The minimum absolute atomic E-state index is 0.0896. The largest absolute Gasteiger partial charge is 0.508 e. The number of anilines is 3. The maximum Gasteiger partial charge on any atom is 0.406 e. The van der Waals surface area contributed by atoms with E-state index in [2.05, 4.69) is 15.9 Å². The van der Waals surface area contributed by atoms with Crippen LogP contribution in [0.1, 0.15) is 32.1 Å². The van der Waals surface area contributed by atoms with Crippen LogP contribution in [0.4, 0.5) is 17.1 Å². The lowest BCUT2D eigenvalue weighted by molar-refractivity contribution is -0.116. The fraction of sp³-hybridized carbons (Fsp3) is 0.300.